The fourth-order valence-electron chi connectivity index (χ4n) is 2.14. The molecule has 0 amide bonds. The van der Waals surface area contributed by atoms with Gasteiger partial charge in [0.05, 0.1) is 5.69 Å². The van der Waals surface area contributed by atoms with E-state index in [1.54, 1.807) is 6.20 Å². The Balaban J connectivity index is 1.91. The second-order valence-corrected chi connectivity index (χ2v) is 5.46. The van der Waals surface area contributed by atoms with Crippen LogP contribution >= 0.6 is 0 Å². The summed E-state index contributed by atoms with van der Waals surface area (Å²) in [6, 6.07) is 2.06. The van der Waals surface area contributed by atoms with E-state index >= 15 is 0 Å². The Morgan fingerprint density at radius 2 is 2.19 bits per heavy atom. The zero-order valence-corrected chi connectivity index (χ0v) is 12.5. The standard InChI is InChI=1S/C15H22N4O2/c1-11(2)12-10-13-15(17-8-9-19(13)18-12)16-7-5-3-4-6-14(20)21/h8-11H,3-7H2,1-2H3,(H,16,17)(H,20,21). The van der Waals surface area contributed by atoms with Crippen LogP contribution in [-0.2, 0) is 4.79 Å². The van der Waals surface area contributed by atoms with Gasteiger partial charge in [0.2, 0.25) is 0 Å². The lowest BCUT2D eigenvalue weighted by Gasteiger charge is -2.06. The monoisotopic (exact) mass is 290 g/mol. The first kappa shape index (κ1) is 15.3. The molecule has 0 spiro atoms. The highest BCUT2D eigenvalue weighted by atomic mass is 16.4. The van der Waals surface area contributed by atoms with E-state index in [1.165, 1.54) is 0 Å². The molecular weight excluding hydrogens is 268 g/mol. The van der Waals surface area contributed by atoms with Crippen LogP contribution < -0.4 is 5.32 Å². The van der Waals surface area contributed by atoms with Crippen molar-refractivity contribution >= 4 is 17.3 Å². The Morgan fingerprint density at radius 3 is 2.90 bits per heavy atom. The highest BCUT2D eigenvalue weighted by Crippen LogP contribution is 2.19. The number of hydrogen-bond acceptors (Lipinski definition) is 4. The molecule has 2 rings (SSSR count). The van der Waals surface area contributed by atoms with Gasteiger partial charge >= 0.3 is 5.97 Å². The molecule has 2 heterocycles. The maximum absolute atomic E-state index is 10.4. The minimum Gasteiger partial charge on any atom is -0.481 e. The predicted molar refractivity (Wildman–Crippen MR) is 81.7 cm³/mol. The average Bonchev–Trinajstić information content (AvgIpc) is 2.87. The summed E-state index contributed by atoms with van der Waals surface area (Å²) in [5.74, 6) is 0.485. The third-order valence-electron chi connectivity index (χ3n) is 3.36. The lowest BCUT2D eigenvalue weighted by molar-refractivity contribution is -0.137. The molecule has 6 heteroatoms. The number of aromatic nitrogens is 3. The largest absolute Gasteiger partial charge is 0.481 e. The van der Waals surface area contributed by atoms with Gasteiger partial charge in [0.25, 0.3) is 0 Å². The Labute approximate surface area is 124 Å². The normalized spacial score (nSPS) is 11.2. The van der Waals surface area contributed by atoms with Gasteiger partial charge in [-0.05, 0) is 24.8 Å². The highest BCUT2D eigenvalue weighted by molar-refractivity contribution is 5.68. The summed E-state index contributed by atoms with van der Waals surface area (Å²) in [5, 5.41) is 16.4. The van der Waals surface area contributed by atoms with Crippen LogP contribution in [0.2, 0.25) is 0 Å². The topological polar surface area (TPSA) is 79.5 Å². The Morgan fingerprint density at radius 1 is 1.38 bits per heavy atom. The third kappa shape index (κ3) is 4.18. The number of aliphatic carboxylic acids is 1. The molecule has 2 aromatic heterocycles. The van der Waals surface area contributed by atoms with E-state index in [0.29, 0.717) is 5.92 Å². The zero-order chi connectivity index (χ0) is 15.2. The van der Waals surface area contributed by atoms with Gasteiger partial charge in [-0.15, -0.1) is 0 Å². The van der Waals surface area contributed by atoms with Gasteiger partial charge in [-0.1, -0.05) is 20.3 Å². The number of unbranched alkanes of at least 4 members (excludes halogenated alkanes) is 2. The third-order valence-corrected chi connectivity index (χ3v) is 3.36. The van der Waals surface area contributed by atoms with Crippen LogP contribution in [0, 0.1) is 0 Å². The molecule has 0 saturated carbocycles. The molecule has 2 aromatic rings. The summed E-state index contributed by atoms with van der Waals surface area (Å²) in [6.07, 6.45) is 6.38. The van der Waals surface area contributed by atoms with Crippen molar-refractivity contribution in [2.45, 2.75) is 45.4 Å². The molecule has 0 unspecified atom stereocenters. The van der Waals surface area contributed by atoms with E-state index < -0.39 is 5.97 Å². The van der Waals surface area contributed by atoms with Crippen LogP contribution in [0.5, 0.6) is 0 Å². The summed E-state index contributed by atoms with van der Waals surface area (Å²) in [5.41, 5.74) is 2.03. The Hall–Kier alpha value is -2.11. The van der Waals surface area contributed by atoms with Crippen LogP contribution in [0.25, 0.3) is 5.52 Å². The average molecular weight is 290 g/mol. The molecule has 0 aliphatic heterocycles. The van der Waals surface area contributed by atoms with E-state index in [2.05, 4.69) is 35.3 Å². The lowest BCUT2D eigenvalue weighted by Crippen LogP contribution is -2.05. The van der Waals surface area contributed by atoms with Crippen molar-refractivity contribution in [2.24, 2.45) is 0 Å². The molecule has 0 saturated heterocycles. The zero-order valence-electron chi connectivity index (χ0n) is 12.5. The molecular formula is C15H22N4O2. The molecule has 6 nitrogen and oxygen atoms in total. The van der Waals surface area contributed by atoms with Gasteiger partial charge in [0.1, 0.15) is 5.52 Å². The summed E-state index contributed by atoms with van der Waals surface area (Å²) in [6.45, 7) is 5.02. The number of carbonyl (C=O) groups is 1. The molecule has 0 atom stereocenters. The van der Waals surface area contributed by atoms with Crippen molar-refractivity contribution in [1.29, 1.82) is 0 Å². The molecule has 0 radical (unpaired) electrons. The second-order valence-electron chi connectivity index (χ2n) is 5.46. The minimum atomic E-state index is -0.727. The van der Waals surface area contributed by atoms with Gasteiger partial charge in [-0.25, -0.2) is 9.50 Å². The number of nitrogens with zero attached hydrogens (tertiary/aromatic N) is 3. The molecule has 21 heavy (non-hydrogen) atoms. The first-order valence-electron chi connectivity index (χ1n) is 7.38. The summed E-state index contributed by atoms with van der Waals surface area (Å²) < 4.78 is 1.84. The SMILES string of the molecule is CC(C)c1cc2c(NCCCCCC(=O)O)nccn2n1. The van der Waals surface area contributed by atoms with Crippen molar-refractivity contribution in [3.05, 3.63) is 24.2 Å². The van der Waals surface area contributed by atoms with Crippen molar-refractivity contribution in [2.75, 3.05) is 11.9 Å². The molecule has 0 aromatic carbocycles. The van der Waals surface area contributed by atoms with E-state index in [1.807, 2.05) is 10.7 Å². The number of rotatable bonds is 8. The first-order valence-corrected chi connectivity index (χ1v) is 7.38. The summed E-state index contributed by atoms with van der Waals surface area (Å²) in [7, 11) is 0. The summed E-state index contributed by atoms with van der Waals surface area (Å²) >= 11 is 0. The van der Waals surface area contributed by atoms with Crippen LogP contribution in [-0.4, -0.2) is 32.2 Å². The Bertz CT molecular complexity index is 607. The van der Waals surface area contributed by atoms with Crippen LogP contribution in [0.15, 0.2) is 18.5 Å². The number of carboxylic acid groups (broad SMARTS) is 1. The van der Waals surface area contributed by atoms with Crippen LogP contribution in [0.4, 0.5) is 5.82 Å². The lowest BCUT2D eigenvalue weighted by atomic mass is 10.1. The van der Waals surface area contributed by atoms with E-state index in [9.17, 15) is 4.79 Å². The number of anilines is 1. The Kier molecular flexibility index (Phi) is 5.14. The van der Waals surface area contributed by atoms with Crippen LogP contribution in [0.1, 0.15) is 51.1 Å². The quantitative estimate of drug-likeness (QED) is 0.731. The van der Waals surface area contributed by atoms with E-state index in [4.69, 9.17) is 5.11 Å². The number of carboxylic acids is 1. The maximum Gasteiger partial charge on any atom is 0.303 e. The fourth-order valence-corrected chi connectivity index (χ4v) is 2.14. The molecule has 0 fully saturated rings. The van der Waals surface area contributed by atoms with Gasteiger partial charge in [-0.2, -0.15) is 5.10 Å². The number of nitrogens with one attached hydrogen (secondary N) is 1. The smallest absolute Gasteiger partial charge is 0.303 e. The predicted octanol–water partition coefficient (Wildman–Crippen LogP) is 2.91. The molecule has 0 aliphatic rings. The fraction of sp³-hybridized carbons (Fsp3) is 0.533. The van der Waals surface area contributed by atoms with Crippen molar-refractivity contribution in [1.82, 2.24) is 14.6 Å². The van der Waals surface area contributed by atoms with Gasteiger partial charge in [0.15, 0.2) is 5.82 Å². The van der Waals surface area contributed by atoms with Crippen molar-refractivity contribution in [3.63, 3.8) is 0 Å². The molecule has 0 aliphatic carbocycles. The van der Waals surface area contributed by atoms with E-state index in [-0.39, 0.29) is 6.42 Å². The molecule has 2 N–H and O–H groups in total. The van der Waals surface area contributed by atoms with Crippen LogP contribution in [0.3, 0.4) is 0 Å². The summed E-state index contributed by atoms with van der Waals surface area (Å²) in [4.78, 5) is 14.8. The maximum atomic E-state index is 10.4. The number of fused-ring (bicyclic) bond motifs is 1. The minimum absolute atomic E-state index is 0.244. The van der Waals surface area contributed by atoms with Crippen molar-refractivity contribution in [3.8, 4) is 0 Å². The number of hydrogen-bond donors (Lipinski definition) is 2. The van der Waals surface area contributed by atoms with Crippen molar-refractivity contribution < 1.29 is 9.90 Å². The second kappa shape index (κ2) is 7.06. The van der Waals surface area contributed by atoms with Gasteiger partial charge < -0.3 is 10.4 Å². The van der Waals surface area contributed by atoms with Gasteiger partial charge in [-0.3, -0.25) is 4.79 Å². The highest BCUT2D eigenvalue weighted by Gasteiger charge is 2.09. The molecule has 114 valence electrons. The molecule has 0 bridgehead atoms. The van der Waals surface area contributed by atoms with Gasteiger partial charge in [0, 0.05) is 25.4 Å². The first-order chi connectivity index (χ1) is 10.1. The van der Waals surface area contributed by atoms with E-state index in [0.717, 1.165) is 42.8 Å².